The van der Waals surface area contributed by atoms with Gasteiger partial charge in [0.2, 0.25) is 0 Å². The van der Waals surface area contributed by atoms with Gasteiger partial charge in [-0.1, -0.05) is 18.7 Å². The second kappa shape index (κ2) is 4.71. The molecule has 0 amide bonds. The highest BCUT2D eigenvalue weighted by atomic mass is 16.5. The van der Waals surface area contributed by atoms with Crippen LogP contribution in [0.1, 0.15) is 36.9 Å². The number of fused-ring (bicyclic) bond motifs is 1. The number of hydrogen-bond donors (Lipinski definition) is 1. The van der Waals surface area contributed by atoms with E-state index in [9.17, 15) is 0 Å². The maximum absolute atomic E-state index is 6.10. The van der Waals surface area contributed by atoms with Crippen molar-refractivity contribution in [3.8, 4) is 5.75 Å². The summed E-state index contributed by atoms with van der Waals surface area (Å²) in [6.07, 6.45) is 5.24. The first-order valence-electron chi connectivity index (χ1n) is 5.88. The molecule has 0 bridgehead atoms. The Bertz CT molecular complexity index is 386. The number of ether oxygens (including phenoxy) is 1. The Labute approximate surface area is 97.1 Å². The lowest BCUT2D eigenvalue weighted by molar-refractivity contribution is 0.269. The zero-order chi connectivity index (χ0) is 11.5. The lowest BCUT2D eigenvalue weighted by Crippen LogP contribution is -2.17. The molecule has 2 nitrogen and oxygen atoms in total. The molecule has 2 unspecified atom stereocenters. The monoisotopic (exact) mass is 217 g/mol. The molecule has 0 saturated carbocycles. The van der Waals surface area contributed by atoms with Crippen molar-refractivity contribution in [1.82, 2.24) is 0 Å². The molecule has 0 spiro atoms. The maximum atomic E-state index is 6.10. The fourth-order valence-electron chi connectivity index (χ4n) is 2.15. The molecule has 0 heterocycles. The molecule has 86 valence electrons. The summed E-state index contributed by atoms with van der Waals surface area (Å²) in [6.45, 7) is 5.69. The average molecular weight is 217 g/mol. The van der Waals surface area contributed by atoms with Gasteiger partial charge >= 0.3 is 0 Å². The van der Waals surface area contributed by atoms with Crippen molar-refractivity contribution < 1.29 is 4.74 Å². The smallest absolute Gasteiger partial charge is 0.120 e. The Morgan fingerprint density at radius 2 is 2.38 bits per heavy atom. The third-order valence-electron chi connectivity index (χ3n) is 3.13. The fraction of sp³-hybridized carbons (Fsp3) is 0.429. The van der Waals surface area contributed by atoms with E-state index in [-0.39, 0.29) is 12.1 Å². The van der Waals surface area contributed by atoms with E-state index < -0.39 is 0 Å². The second-order valence-electron chi connectivity index (χ2n) is 4.42. The highest BCUT2D eigenvalue weighted by Gasteiger charge is 2.17. The van der Waals surface area contributed by atoms with Gasteiger partial charge in [-0.15, -0.1) is 0 Å². The van der Waals surface area contributed by atoms with Gasteiger partial charge < -0.3 is 10.5 Å². The highest BCUT2D eigenvalue weighted by Crippen LogP contribution is 2.31. The quantitative estimate of drug-likeness (QED) is 0.790. The summed E-state index contributed by atoms with van der Waals surface area (Å²) in [5, 5.41) is 0. The van der Waals surface area contributed by atoms with Gasteiger partial charge in [-0.2, -0.15) is 0 Å². The third-order valence-corrected chi connectivity index (χ3v) is 3.13. The summed E-state index contributed by atoms with van der Waals surface area (Å²) in [5.41, 5.74) is 8.73. The van der Waals surface area contributed by atoms with Crippen LogP contribution in [-0.2, 0) is 6.42 Å². The minimum atomic E-state index is 0.0397. The summed E-state index contributed by atoms with van der Waals surface area (Å²) in [6, 6.07) is 6.42. The molecule has 0 saturated heterocycles. The van der Waals surface area contributed by atoms with Gasteiger partial charge in [0.25, 0.3) is 0 Å². The summed E-state index contributed by atoms with van der Waals surface area (Å²) in [4.78, 5) is 0. The molecular formula is C14H19NO. The van der Waals surface area contributed by atoms with Crippen LogP contribution < -0.4 is 10.5 Å². The highest BCUT2D eigenvalue weighted by molar-refractivity contribution is 5.39. The molecule has 0 radical (unpaired) electrons. The van der Waals surface area contributed by atoms with E-state index in [0.717, 1.165) is 18.6 Å². The molecule has 1 aliphatic rings. The van der Waals surface area contributed by atoms with Crippen LogP contribution in [0.3, 0.4) is 0 Å². The second-order valence-corrected chi connectivity index (χ2v) is 4.42. The van der Waals surface area contributed by atoms with Crippen LogP contribution in [0, 0.1) is 0 Å². The topological polar surface area (TPSA) is 35.2 Å². The van der Waals surface area contributed by atoms with Crippen molar-refractivity contribution in [1.29, 1.82) is 0 Å². The molecular weight excluding hydrogens is 198 g/mol. The number of nitrogens with two attached hydrogens (primary N) is 1. The minimum Gasteiger partial charge on any atom is -0.487 e. The molecule has 2 rings (SSSR count). The van der Waals surface area contributed by atoms with Crippen molar-refractivity contribution in [2.24, 2.45) is 5.73 Å². The summed E-state index contributed by atoms with van der Waals surface area (Å²) < 4.78 is 5.70. The van der Waals surface area contributed by atoms with Gasteiger partial charge in [0.05, 0.1) is 0 Å². The van der Waals surface area contributed by atoms with Gasteiger partial charge in [-0.3, -0.25) is 0 Å². The summed E-state index contributed by atoms with van der Waals surface area (Å²) in [5.74, 6) is 0.892. The number of benzene rings is 1. The minimum absolute atomic E-state index is 0.0397. The van der Waals surface area contributed by atoms with E-state index in [2.05, 4.69) is 18.7 Å². The van der Waals surface area contributed by atoms with Crippen LogP contribution in [0.5, 0.6) is 5.75 Å². The standard InChI is InChI=1S/C14H19NO/c1-3-10(2)16-12-8-7-11-5-4-6-14(15)13(11)9-12/h3,7-10,14H,1,4-6,15H2,2H3. The first kappa shape index (κ1) is 11.2. The molecule has 1 aliphatic carbocycles. The Hall–Kier alpha value is -1.28. The van der Waals surface area contributed by atoms with E-state index in [4.69, 9.17) is 10.5 Å². The van der Waals surface area contributed by atoms with Gasteiger partial charge in [-0.05, 0) is 49.4 Å². The van der Waals surface area contributed by atoms with E-state index >= 15 is 0 Å². The van der Waals surface area contributed by atoms with Crippen molar-refractivity contribution in [3.05, 3.63) is 42.0 Å². The van der Waals surface area contributed by atoms with Crippen molar-refractivity contribution in [2.75, 3.05) is 0 Å². The first-order chi connectivity index (χ1) is 7.70. The lowest BCUT2D eigenvalue weighted by Gasteiger charge is -2.23. The Morgan fingerprint density at radius 3 is 3.12 bits per heavy atom. The third kappa shape index (κ3) is 2.27. The molecule has 0 aliphatic heterocycles. The summed E-state index contributed by atoms with van der Waals surface area (Å²) >= 11 is 0. The molecule has 0 fully saturated rings. The van der Waals surface area contributed by atoms with Crippen LogP contribution in [0.2, 0.25) is 0 Å². The lowest BCUT2D eigenvalue weighted by atomic mass is 9.88. The zero-order valence-corrected chi connectivity index (χ0v) is 9.78. The van der Waals surface area contributed by atoms with Crippen LogP contribution in [0.4, 0.5) is 0 Å². The predicted octanol–water partition coefficient (Wildman–Crippen LogP) is 2.98. The first-order valence-corrected chi connectivity index (χ1v) is 5.88. The van der Waals surface area contributed by atoms with Gasteiger partial charge in [-0.25, -0.2) is 0 Å². The Morgan fingerprint density at radius 1 is 1.56 bits per heavy atom. The maximum Gasteiger partial charge on any atom is 0.120 e. The number of hydrogen-bond acceptors (Lipinski definition) is 2. The van der Waals surface area contributed by atoms with Crippen molar-refractivity contribution in [2.45, 2.75) is 38.3 Å². The molecule has 0 aromatic heterocycles. The molecule has 2 N–H and O–H groups in total. The van der Waals surface area contributed by atoms with Crippen LogP contribution in [-0.4, -0.2) is 6.10 Å². The average Bonchev–Trinajstić information content (AvgIpc) is 2.30. The van der Waals surface area contributed by atoms with E-state index in [1.54, 1.807) is 6.08 Å². The van der Waals surface area contributed by atoms with Crippen molar-refractivity contribution >= 4 is 0 Å². The molecule has 1 aromatic rings. The van der Waals surface area contributed by atoms with Crippen molar-refractivity contribution in [3.63, 3.8) is 0 Å². The molecule has 2 heteroatoms. The predicted molar refractivity (Wildman–Crippen MR) is 66.6 cm³/mol. The fourth-order valence-corrected chi connectivity index (χ4v) is 2.15. The number of aryl methyl sites for hydroxylation is 1. The Kier molecular flexibility index (Phi) is 3.30. The van der Waals surface area contributed by atoms with Crippen LogP contribution in [0.25, 0.3) is 0 Å². The Balaban J connectivity index is 2.23. The largest absolute Gasteiger partial charge is 0.487 e. The van der Waals surface area contributed by atoms with Gasteiger partial charge in [0.1, 0.15) is 11.9 Å². The number of rotatable bonds is 3. The van der Waals surface area contributed by atoms with E-state index in [1.165, 1.54) is 17.5 Å². The SMILES string of the molecule is C=CC(C)Oc1ccc2c(c1)C(N)CCC2. The zero-order valence-electron chi connectivity index (χ0n) is 9.78. The van der Waals surface area contributed by atoms with E-state index in [0.29, 0.717) is 0 Å². The van der Waals surface area contributed by atoms with Gasteiger partial charge in [0.15, 0.2) is 0 Å². The van der Waals surface area contributed by atoms with Crippen LogP contribution in [0.15, 0.2) is 30.9 Å². The van der Waals surface area contributed by atoms with Gasteiger partial charge in [0, 0.05) is 6.04 Å². The molecule has 16 heavy (non-hydrogen) atoms. The summed E-state index contributed by atoms with van der Waals surface area (Å²) in [7, 11) is 0. The van der Waals surface area contributed by atoms with Crippen LogP contribution >= 0.6 is 0 Å². The molecule has 1 aromatic carbocycles. The normalized spacial score (nSPS) is 21.0. The molecule has 2 atom stereocenters. The van der Waals surface area contributed by atoms with E-state index in [1.807, 2.05) is 13.0 Å².